The van der Waals surface area contributed by atoms with Crippen LogP contribution in [0.2, 0.25) is 0 Å². The second-order valence-electron chi connectivity index (χ2n) is 3.36. The van der Waals surface area contributed by atoms with Crippen LogP contribution in [0.5, 0.6) is 0 Å². The number of halogens is 3. The molecule has 0 aliphatic carbocycles. The van der Waals surface area contributed by atoms with Gasteiger partial charge in [-0.2, -0.15) is 13.2 Å². The first-order valence-electron chi connectivity index (χ1n) is 4.43. The summed E-state index contributed by atoms with van der Waals surface area (Å²) in [7, 11) is 0. The van der Waals surface area contributed by atoms with E-state index in [2.05, 4.69) is 0 Å². The number of alkyl halides is 3. The molecule has 0 unspecified atom stereocenters. The molecular formula is C10H6F3NO2S. The first kappa shape index (κ1) is 11.7. The summed E-state index contributed by atoms with van der Waals surface area (Å²) >= 11 is 0.738. The highest BCUT2D eigenvalue weighted by Crippen LogP contribution is 2.38. The molecule has 0 saturated carbocycles. The minimum absolute atomic E-state index is 0.00576. The summed E-state index contributed by atoms with van der Waals surface area (Å²) in [4.78, 5) is 10.6. The molecule has 1 heterocycles. The summed E-state index contributed by atoms with van der Waals surface area (Å²) in [6.07, 6.45) is -4.45. The zero-order chi connectivity index (χ0) is 12.8. The Morgan fingerprint density at radius 3 is 2.53 bits per heavy atom. The lowest BCUT2D eigenvalue weighted by atomic mass is 10.1. The van der Waals surface area contributed by atoms with Gasteiger partial charge in [-0.05, 0) is 12.1 Å². The van der Waals surface area contributed by atoms with Gasteiger partial charge in [-0.1, -0.05) is 6.07 Å². The second-order valence-corrected chi connectivity index (χ2v) is 4.41. The van der Waals surface area contributed by atoms with Gasteiger partial charge < -0.3 is 10.8 Å². The molecule has 7 heteroatoms. The number of hydrogen-bond donors (Lipinski definition) is 2. The van der Waals surface area contributed by atoms with E-state index in [1.165, 1.54) is 6.07 Å². The lowest BCUT2D eigenvalue weighted by Crippen LogP contribution is -2.03. The summed E-state index contributed by atoms with van der Waals surface area (Å²) in [6.45, 7) is 0. The third-order valence-corrected chi connectivity index (χ3v) is 3.41. The van der Waals surface area contributed by atoms with E-state index in [1.54, 1.807) is 0 Å². The molecule has 1 aromatic heterocycles. The minimum Gasteiger partial charge on any atom is -0.477 e. The molecule has 0 aliphatic heterocycles. The van der Waals surface area contributed by atoms with Crippen LogP contribution in [0, 0.1) is 0 Å². The summed E-state index contributed by atoms with van der Waals surface area (Å²) < 4.78 is 37.5. The standard InChI is InChI=1S/C10H6F3NO2S/c11-10(12,13)4-1-2-5-6(3-4)17-8(7(5)14)9(15)16/h1-3H,14H2,(H,15,16). The molecule has 0 radical (unpaired) electrons. The van der Waals surface area contributed by atoms with Crippen LogP contribution in [-0.2, 0) is 6.18 Å². The van der Waals surface area contributed by atoms with Gasteiger partial charge in [0.1, 0.15) is 4.88 Å². The van der Waals surface area contributed by atoms with Crippen molar-refractivity contribution in [3.05, 3.63) is 28.6 Å². The van der Waals surface area contributed by atoms with Crippen LogP contribution in [0.15, 0.2) is 18.2 Å². The molecule has 2 aromatic rings. The van der Waals surface area contributed by atoms with Crippen molar-refractivity contribution in [1.29, 1.82) is 0 Å². The monoisotopic (exact) mass is 261 g/mol. The lowest BCUT2D eigenvalue weighted by molar-refractivity contribution is -0.137. The highest BCUT2D eigenvalue weighted by atomic mass is 32.1. The fourth-order valence-electron chi connectivity index (χ4n) is 1.45. The Balaban J connectivity index is 2.68. The molecule has 0 spiro atoms. The van der Waals surface area contributed by atoms with Crippen molar-refractivity contribution in [2.75, 3.05) is 5.73 Å². The number of aromatic carboxylic acids is 1. The highest BCUT2D eigenvalue weighted by molar-refractivity contribution is 7.21. The van der Waals surface area contributed by atoms with Gasteiger partial charge >= 0.3 is 12.1 Å². The number of rotatable bonds is 1. The van der Waals surface area contributed by atoms with Gasteiger partial charge in [0.25, 0.3) is 0 Å². The third kappa shape index (κ3) is 1.93. The van der Waals surface area contributed by atoms with Crippen molar-refractivity contribution in [1.82, 2.24) is 0 Å². The molecule has 0 bridgehead atoms. The van der Waals surface area contributed by atoms with Crippen molar-refractivity contribution in [3.8, 4) is 0 Å². The number of thiophene rings is 1. The van der Waals surface area contributed by atoms with Crippen molar-refractivity contribution >= 4 is 33.1 Å². The van der Waals surface area contributed by atoms with Gasteiger partial charge in [-0.3, -0.25) is 0 Å². The van der Waals surface area contributed by atoms with E-state index in [4.69, 9.17) is 10.8 Å². The topological polar surface area (TPSA) is 63.3 Å². The van der Waals surface area contributed by atoms with Crippen molar-refractivity contribution in [2.24, 2.45) is 0 Å². The number of carboxylic acid groups (broad SMARTS) is 1. The number of carboxylic acids is 1. The van der Waals surface area contributed by atoms with Crippen LogP contribution in [0.1, 0.15) is 15.2 Å². The fraction of sp³-hybridized carbons (Fsp3) is 0.100. The van der Waals surface area contributed by atoms with Crippen LogP contribution < -0.4 is 5.73 Å². The normalized spacial score (nSPS) is 11.9. The quantitative estimate of drug-likeness (QED) is 0.828. The molecule has 0 aliphatic rings. The van der Waals surface area contributed by atoms with E-state index >= 15 is 0 Å². The number of benzene rings is 1. The van der Waals surface area contributed by atoms with Crippen LogP contribution >= 0.6 is 11.3 Å². The van der Waals surface area contributed by atoms with Gasteiger partial charge in [-0.25, -0.2) is 4.79 Å². The predicted octanol–water partition coefficient (Wildman–Crippen LogP) is 3.20. The minimum atomic E-state index is -4.45. The largest absolute Gasteiger partial charge is 0.477 e. The van der Waals surface area contributed by atoms with Crippen molar-refractivity contribution < 1.29 is 23.1 Å². The zero-order valence-electron chi connectivity index (χ0n) is 8.21. The Kier molecular flexibility index (Phi) is 2.50. The second kappa shape index (κ2) is 3.63. The lowest BCUT2D eigenvalue weighted by Gasteiger charge is -2.05. The van der Waals surface area contributed by atoms with Crippen LogP contribution in [0.3, 0.4) is 0 Å². The molecule has 3 nitrogen and oxygen atoms in total. The molecule has 17 heavy (non-hydrogen) atoms. The molecule has 2 rings (SSSR count). The predicted molar refractivity (Wildman–Crippen MR) is 58.2 cm³/mol. The van der Waals surface area contributed by atoms with Gasteiger partial charge in [0.15, 0.2) is 0 Å². The van der Waals surface area contributed by atoms with E-state index in [9.17, 15) is 18.0 Å². The average molecular weight is 261 g/mol. The van der Waals surface area contributed by atoms with E-state index in [-0.39, 0.29) is 15.3 Å². The fourth-order valence-corrected chi connectivity index (χ4v) is 2.45. The Bertz CT molecular complexity index is 603. The van der Waals surface area contributed by atoms with Crippen LogP contribution in [0.25, 0.3) is 10.1 Å². The van der Waals surface area contributed by atoms with E-state index in [0.29, 0.717) is 5.39 Å². The maximum Gasteiger partial charge on any atom is 0.416 e. The van der Waals surface area contributed by atoms with Gasteiger partial charge in [0.2, 0.25) is 0 Å². The average Bonchev–Trinajstić information content (AvgIpc) is 2.54. The summed E-state index contributed by atoms with van der Waals surface area (Å²) in [5.41, 5.74) is 4.74. The number of carbonyl (C=O) groups is 1. The molecule has 0 amide bonds. The Morgan fingerprint density at radius 1 is 1.35 bits per heavy atom. The van der Waals surface area contributed by atoms with E-state index in [0.717, 1.165) is 23.5 Å². The van der Waals surface area contributed by atoms with Crippen molar-refractivity contribution in [3.63, 3.8) is 0 Å². The first-order chi connectivity index (χ1) is 7.80. The van der Waals surface area contributed by atoms with Crippen LogP contribution in [0.4, 0.5) is 18.9 Å². The molecular weight excluding hydrogens is 255 g/mol. The number of anilines is 1. The summed E-state index contributed by atoms with van der Waals surface area (Å²) in [6, 6.07) is 2.98. The van der Waals surface area contributed by atoms with Crippen molar-refractivity contribution in [2.45, 2.75) is 6.18 Å². The first-order valence-corrected chi connectivity index (χ1v) is 5.25. The Labute approximate surface area is 97.3 Å². The highest BCUT2D eigenvalue weighted by Gasteiger charge is 2.31. The number of fused-ring (bicyclic) bond motifs is 1. The zero-order valence-corrected chi connectivity index (χ0v) is 9.02. The molecule has 1 aromatic carbocycles. The van der Waals surface area contributed by atoms with Gasteiger partial charge in [0.05, 0.1) is 11.3 Å². The molecule has 0 atom stereocenters. The SMILES string of the molecule is Nc1c(C(=O)O)sc2cc(C(F)(F)F)ccc12. The molecule has 90 valence electrons. The molecule has 0 fully saturated rings. The third-order valence-electron chi connectivity index (χ3n) is 2.25. The van der Waals surface area contributed by atoms with E-state index < -0.39 is 17.7 Å². The molecule has 0 saturated heterocycles. The van der Waals surface area contributed by atoms with Crippen LogP contribution in [-0.4, -0.2) is 11.1 Å². The Morgan fingerprint density at radius 2 is 2.00 bits per heavy atom. The maximum absolute atomic E-state index is 12.4. The Hall–Kier alpha value is -1.76. The maximum atomic E-state index is 12.4. The number of nitrogens with two attached hydrogens (primary N) is 1. The smallest absolute Gasteiger partial charge is 0.416 e. The van der Waals surface area contributed by atoms with Gasteiger partial charge in [0, 0.05) is 10.1 Å². The summed E-state index contributed by atoms with van der Waals surface area (Å²) in [5.74, 6) is -1.24. The van der Waals surface area contributed by atoms with Gasteiger partial charge in [-0.15, -0.1) is 11.3 Å². The summed E-state index contributed by atoms with van der Waals surface area (Å²) in [5, 5.41) is 9.14. The number of hydrogen-bond acceptors (Lipinski definition) is 3. The van der Waals surface area contributed by atoms with E-state index in [1.807, 2.05) is 0 Å². The molecule has 3 N–H and O–H groups in total. The number of nitrogen functional groups attached to an aromatic ring is 1.